The van der Waals surface area contributed by atoms with Crippen LogP contribution >= 0.6 is 0 Å². The van der Waals surface area contributed by atoms with Gasteiger partial charge in [0.15, 0.2) is 5.82 Å². The van der Waals surface area contributed by atoms with Crippen LogP contribution in [0.2, 0.25) is 0 Å². The van der Waals surface area contributed by atoms with Crippen molar-refractivity contribution in [2.75, 3.05) is 0 Å². The molecule has 0 saturated heterocycles. The van der Waals surface area contributed by atoms with Crippen molar-refractivity contribution in [2.45, 2.75) is 128 Å². The van der Waals surface area contributed by atoms with Gasteiger partial charge in [-0.25, -0.2) is 9.97 Å². The van der Waals surface area contributed by atoms with Gasteiger partial charge < -0.3 is 0 Å². The van der Waals surface area contributed by atoms with Crippen molar-refractivity contribution in [3.8, 4) is 11.4 Å². The van der Waals surface area contributed by atoms with Crippen molar-refractivity contribution < 1.29 is 0 Å². The highest BCUT2D eigenvalue weighted by molar-refractivity contribution is 5.55. The topological polar surface area (TPSA) is 25.8 Å². The smallest absolute Gasteiger partial charge is 0.159 e. The first-order valence-corrected chi connectivity index (χ1v) is 14.7. The molecule has 1 aromatic carbocycles. The second-order valence-electron chi connectivity index (χ2n) is 11.4. The van der Waals surface area contributed by atoms with Crippen LogP contribution in [-0.2, 0) is 0 Å². The Morgan fingerprint density at radius 2 is 1.15 bits per heavy atom. The molecule has 0 unspecified atom stereocenters. The van der Waals surface area contributed by atoms with E-state index in [0.29, 0.717) is 5.92 Å². The molecule has 1 aromatic heterocycles. The van der Waals surface area contributed by atoms with Crippen LogP contribution in [0.15, 0.2) is 36.7 Å². The molecular weight excluding hydrogens is 412 g/mol. The third kappa shape index (κ3) is 7.15. The lowest BCUT2D eigenvalue weighted by Crippen LogP contribution is -2.13. The van der Waals surface area contributed by atoms with Crippen LogP contribution in [0.3, 0.4) is 0 Å². The van der Waals surface area contributed by atoms with E-state index in [1.165, 1.54) is 114 Å². The molecule has 0 amide bonds. The molecular formula is C32H48N2. The van der Waals surface area contributed by atoms with Crippen LogP contribution in [0.5, 0.6) is 0 Å². The molecule has 0 atom stereocenters. The second-order valence-corrected chi connectivity index (χ2v) is 11.4. The Hall–Kier alpha value is -1.70. The van der Waals surface area contributed by atoms with E-state index in [1.807, 2.05) is 0 Å². The van der Waals surface area contributed by atoms with Gasteiger partial charge in [0.05, 0.1) is 0 Å². The van der Waals surface area contributed by atoms with Crippen LogP contribution in [0.4, 0.5) is 0 Å². The standard InChI is InChI=1S/C32H48N2/c1-3-5-6-7-8-10-26-13-15-27(16-14-26)28-19-21-30(22-20-28)32-33-23-31(24-34-32)29-17-11-25(9-4-2)12-18-29/h19-27,29H,3-18H2,1-2H3/t25-,26-,27-,29-. The van der Waals surface area contributed by atoms with Gasteiger partial charge >= 0.3 is 0 Å². The molecule has 2 saturated carbocycles. The van der Waals surface area contributed by atoms with E-state index in [4.69, 9.17) is 9.97 Å². The average Bonchev–Trinajstić information content (AvgIpc) is 2.90. The molecule has 0 N–H and O–H groups in total. The molecule has 2 fully saturated rings. The summed E-state index contributed by atoms with van der Waals surface area (Å²) in [5.41, 5.74) is 4.02. The van der Waals surface area contributed by atoms with E-state index in [9.17, 15) is 0 Å². The van der Waals surface area contributed by atoms with Crippen LogP contribution in [0.25, 0.3) is 11.4 Å². The zero-order valence-corrected chi connectivity index (χ0v) is 22.0. The number of rotatable bonds is 11. The maximum Gasteiger partial charge on any atom is 0.159 e. The summed E-state index contributed by atoms with van der Waals surface area (Å²) in [6.45, 7) is 4.61. The van der Waals surface area contributed by atoms with E-state index < -0.39 is 0 Å². The first kappa shape index (κ1) is 25.4. The lowest BCUT2D eigenvalue weighted by atomic mass is 9.77. The van der Waals surface area contributed by atoms with E-state index in [-0.39, 0.29) is 0 Å². The van der Waals surface area contributed by atoms with Crippen molar-refractivity contribution in [1.29, 1.82) is 0 Å². The van der Waals surface area contributed by atoms with E-state index >= 15 is 0 Å². The van der Waals surface area contributed by atoms with Gasteiger partial charge in [-0.1, -0.05) is 89.5 Å². The van der Waals surface area contributed by atoms with Gasteiger partial charge in [-0.3, -0.25) is 0 Å². The zero-order valence-electron chi connectivity index (χ0n) is 22.0. The first-order chi connectivity index (χ1) is 16.8. The predicted octanol–water partition coefficient (Wildman–Crippen LogP) is 9.85. The Morgan fingerprint density at radius 1 is 0.588 bits per heavy atom. The molecule has 0 spiro atoms. The maximum atomic E-state index is 4.77. The Kier molecular flexibility index (Phi) is 10.0. The highest BCUT2D eigenvalue weighted by Crippen LogP contribution is 2.39. The number of hydrogen-bond acceptors (Lipinski definition) is 2. The SMILES string of the molecule is CCCCCCC[C@H]1CC[C@H](c2ccc(-c3ncc([C@H]4CC[C@H](CCC)CC4)cn3)cc2)CC1. The molecule has 0 radical (unpaired) electrons. The number of aromatic nitrogens is 2. The van der Waals surface area contributed by atoms with Gasteiger partial charge in [0, 0.05) is 18.0 Å². The largest absolute Gasteiger partial charge is 0.236 e. The number of nitrogens with zero attached hydrogens (tertiary/aromatic N) is 2. The molecule has 2 nitrogen and oxygen atoms in total. The van der Waals surface area contributed by atoms with Gasteiger partial charge in [-0.05, 0) is 86.2 Å². The quantitative estimate of drug-likeness (QED) is 0.312. The summed E-state index contributed by atoms with van der Waals surface area (Å²) in [5, 5.41) is 0. The number of hydrogen-bond donors (Lipinski definition) is 0. The summed E-state index contributed by atoms with van der Waals surface area (Å²) >= 11 is 0. The summed E-state index contributed by atoms with van der Waals surface area (Å²) in [6, 6.07) is 9.19. The van der Waals surface area contributed by atoms with Gasteiger partial charge in [0.2, 0.25) is 0 Å². The Bertz CT molecular complexity index is 809. The molecule has 2 aliphatic rings. The molecule has 4 rings (SSSR count). The van der Waals surface area contributed by atoms with Crippen LogP contribution in [-0.4, -0.2) is 9.97 Å². The number of unbranched alkanes of at least 4 members (excludes halogenated alkanes) is 4. The van der Waals surface area contributed by atoms with Gasteiger partial charge in [-0.15, -0.1) is 0 Å². The van der Waals surface area contributed by atoms with Crippen LogP contribution < -0.4 is 0 Å². The number of benzene rings is 1. The van der Waals surface area contributed by atoms with Crippen molar-refractivity contribution >= 4 is 0 Å². The van der Waals surface area contributed by atoms with Crippen molar-refractivity contribution in [3.63, 3.8) is 0 Å². The van der Waals surface area contributed by atoms with Gasteiger partial charge in [-0.2, -0.15) is 0 Å². The molecule has 34 heavy (non-hydrogen) atoms. The summed E-state index contributed by atoms with van der Waals surface area (Å²) < 4.78 is 0. The van der Waals surface area contributed by atoms with Crippen molar-refractivity contribution in [3.05, 3.63) is 47.8 Å². The first-order valence-electron chi connectivity index (χ1n) is 14.7. The van der Waals surface area contributed by atoms with Crippen molar-refractivity contribution in [2.24, 2.45) is 11.8 Å². The molecule has 0 aliphatic heterocycles. The minimum absolute atomic E-state index is 0.663. The fourth-order valence-corrected chi connectivity index (χ4v) is 6.62. The zero-order chi connectivity index (χ0) is 23.6. The summed E-state index contributed by atoms with van der Waals surface area (Å²) in [7, 11) is 0. The fourth-order valence-electron chi connectivity index (χ4n) is 6.62. The van der Waals surface area contributed by atoms with Gasteiger partial charge in [0.1, 0.15) is 0 Å². The van der Waals surface area contributed by atoms with E-state index in [1.54, 1.807) is 0 Å². The highest BCUT2D eigenvalue weighted by atomic mass is 14.9. The van der Waals surface area contributed by atoms with Crippen LogP contribution in [0, 0.1) is 11.8 Å². The van der Waals surface area contributed by atoms with E-state index in [2.05, 4.69) is 50.5 Å². The average molecular weight is 461 g/mol. The second kappa shape index (κ2) is 13.4. The Morgan fingerprint density at radius 3 is 1.74 bits per heavy atom. The minimum atomic E-state index is 0.663. The third-order valence-electron chi connectivity index (χ3n) is 8.89. The molecule has 186 valence electrons. The maximum absolute atomic E-state index is 4.77. The van der Waals surface area contributed by atoms with Crippen molar-refractivity contribution in [1.82, 2.24) is 9.97 Å². The van der Waals surface area contributed by atoms with Crippen LogP contribution in [0.1, 0.15) is 140 Å². The monoisotopic (exact) mass is 460 g/mol. The molecule has 0 bridgehead atoms. The molecule has 1 heterocycles. The predicted molar refractivity (Wildman–Crippen MR) is 145 cm³/mol. The summed E-state index contributed by atoms with van der Waals surface area (Å²) in [5.74, 6) is 4.21. The van der Waals surface area contributed by atoms with Gasteiger partial charge in [0.25, 0.3) is 0 Å². The molecule has 2 heteroatoms. The van der Waals surface area contributed by atoms with E-state index in [0.717, 1.165) is 29.1 Å². The third-order valence-corrected chi connectivity index (χ3v) is 8.89. The Labute approximate surface area is 209 Å². The summed E-state index contributed by atoms with van der Waals surface area (Å²) in [4.78, 5) is 9.54. The fraction of sp³-hybridized carbons (Fsp3) is 0.688. The molecule has 2 aromatic rings. The normalized spacial score (nSPS) is 25.4. The minimum Gasteiger partial charge on any atom is -0.236 e. The Balaban J connectivity index is 1.24. The highest BCUT2D eigenvalue weighted by Gasteiger charge is 2.23. The lowest BCUT2D eigenvalue weighted by molar-refractivity contribution is 0.302. The molecule has 2 aliphatic carbocycles. The summed E-state index contributed by atoms with van der Waals surface area (Å²) in [6.07, 6.45) is 26.4. The lowest BCUT2D eigenvalue weighted by Gasteiger charge is -2.29.